The number of benzene rings is 1. The molecule has 204 valence electrons. The predicted molar refractivity (Wildman–Crippen MR) is 115 cm³/mol. The Kier molecular flexibility index (Phi) is 9.01. The largest absolute Gasteiger partial charge is 0.416 e. The third-order valence-electron chi connectivity index (χ3n) is 6.34. The summed E-state index contributed by atoms with van der Waals surface area (Å²) >= 11 is 0. The van der Waals surface area contributed by atoms with Crippen molar-refractivity contribution in [2.75, 3.05) is 32.7 Å². The maximum Gasteiger partial charge on any atom is 0.416 e. The highest BCUT2D eigenvalue weighted by atomic mass is 19.4. The fourth-order valence-electron chi connectivity index (χ4n) is 3.60. The van der Waals surface area contributed by atoms with Crippen LogP contribution in [0.2, 0.25) is 0 Å². The van der Waals surface area contributed by atoms with Crippen LogP contribution in [0.4, 0.5) is 39.5 Å². The lowest BCUT2D eigenvalue weighted by Crippen LogP contribution is -2.43. The van der Waals surface area contributed by atoms with Crippen molar-refractivity contribution in [1.29, 1.82) is 0 Å². The lowest BCUT2D eigenvalue weighted by atomic mass is 9.89. The average molecular weight is 533 g/mol. The molecule has 1 aromatic rings. The highest BCUT2D eigenvalue weighted by molar-refractivity contribution is 5.94. The number of likely N-dealkylation sites (tertiary alicyclic amines) is 1. The van der Waals surface area contributed by atoms with Crippen LogP contribution >= 0.6 is 0 Å². The van der Waals surface area contributed by atoms with Crippen molar-refractivity contribution in [3.63, 3.8) is 0 Å². The number of piperidine rings is 1. The van der Waals surface area contributed by atoms with Crippen molar-refractivity contribution in [3.8, 4) is 0 Å². The Morgan fingerprint density at radius 1 is 0.917 bits per heavy atom. The molecule has 0 aliphatic carbocycles. The quantitative estimate of drug-likeness (QED) is 0.412. The number of rotatable bonds is 8. The molecule has 0 aromatic heterocycles. The summed E-state index contributed by atoms with van der Waals surface area (Å²) in [5.41, 5.74) is -6.09. The summed E-state index contributed by atoms with van der Waals surface area (Å²) in [7, 11) is 0. The van der Waals surface area contributed by atoms with Crippen LogP contribution in [0.25, 0.3) is 0 Å². The second-order valence-corrected chi connectivity index (χ2v) is 9.32. The van der Waals surface area contributed by atoms with Gasteiger partial charge in [-0.2, -0.15) is 39.5 Å². The van der Waals surface area contributed by atoms with Gasteiger partial charge in [-0.15, -0.1) is 0 Å². The molecule has 1 amide bonds. The van der Waals surface area contributed by atoms with Gasteiger partial charge in [-0.3, -0.25) is 4.79 Å². The molecule has 0 atom stereocenters. The summed E-state index contributed by atoms with van der Waals surface area (Å²) in [5.74, 6) is -1.09. The smallest absolute Gasteiger partial charge is 0.387 e. The number of hydrogen-bond donors (Lipinski definition) is 2. The Hall–Kier alpha value is -2.44. The highest BCUT2D eigenvalue weighted by Crippen LogP contribution is 2.41. The lowest BCUT2D eigenvalue weighted by molar-refractivity contribution is -0.199. The number of nitrogens with zero attached hydrogens (tertiary/aromatic N) is 1. The Morgan fingerprint density at radius 3 is 1.86 bits per heavy atom. The molecule has 1 fully saturated rings. The summed E-state index contributed by atoms with van der Waals surface area (Å²) < 4.78 is 117. The summed E-state index contributed by atoms with van der Waals surface area (Å²) in [4.78, 5) is 14.3. The minimum absolute atomic E-state index is 0.0409. The van der Waals surface area contributed by atoms with Gasteiger partial charge in [-0.1, -0.05) is 6.58 Å². The maximum atomic E-state index is 13.0. The van der Waals surface area contributed by atoms with Crippen molar-refractivity contribution in [1.82, 2.24) is 15.5 Å². The van der Waals surface area contributed by atoms with Gasteiger partial charge in [0.15, 0.2) is 0 Å². The van der Waals surface area contributed by atoms with Crippen LogP contribution in [0.15, 0.2) is 30.5 Å². The Bertz CT molecular complexity index is 896. The molecule has 0 unspecified atom stereocenters. The molecule has 2 N–H and O–H groups in total. The molecule has 1 aromatic carbocycles. The third-order valence-corrected chi connectivity index (χ3v) is 6.34. The molecule has 0 spiro atoms. The third kappa shape index (κ3) is 7.78. The Morgan fingerprint density at radius 2 is 1.42 bits per heavy atom. The lowest BCUT2D eigenvalue weighted by Gasteiger charge is -2.34. The summed E-state index contributed by atoms with van der Waals surface area (Å²) in [6.45, 7) is 7.45. The Balaban J connectivity index is 1.85. The molecule has 1 saturated heterocycles. The highest BCUT2D eigenvalue weighted by Gasteiger charge is 2.49. The van der Waals surface area contributed by atoms with Crippen molar-refractivity contribution >= 4 is 5.91 Å². The van der Waals surface area contributed by atoms with E-state index in [4.69, 9.17) is 0 Å². The standard InChI is InChI=1S/C23H28F9N3O/c1-14(20(2,3)23(30,31)32)33-6-9-35-7-4-15(5-8-35)13-34-19(36)16-10-17(21(24,25)26)12-18(11-16)22(27,28)29/h10-12,15,33H,1,4-9,13H2,2-3H3,(H,34,36). The molecule has 0 bridgehead atoms. The summed E-state index contributed by atoms with van der Waals surface area (Å²) in [6, 6.07) is 0.725. The summed E-state index contributed by atoms with van der Waals surface area (Å²) in [5, 5.41) is 5.11. The number of allylic oxidation sites excluding steroid dienone is 1. The molecule has 1 aliphatic rings. The van der Waals surface area contributed by atoms with Crippen molar-refractivity contribution < 1.29 is 44.3 Å². The minimum Gasteiger partial charge on any atom is -0.387 e. The van der Waals surface area contributed by atoms with Crippen molar-refractivity contribution in [2.24, 2.45) is 11.3 Å². The SMILES string of the molecule is C=C(NCCN1CCC(CNC(=O)c2cc(C(F)(F)F)cc(C(F)(F)F)c2)CC1)C(C)(C)C(F)(F)F. The number of nitrogens with one attached hydrogen (secondary N) is 2. The van der Waals surface area contributed by atoms with Gasteiger partial charge < -0.3 is 15.5 Å². The van der Waals surface area contributed by atoms with E-state index in [0.29, 0.717) is 44.6 Å². The van der Waals surface area contributed by atoms with Gasteiger partial charge in [0.2, 0.25) is 0 Å². The van der Waals surface area contributed by atoms with Gasteiger partial charge in [-0.25, -0.2) is 0 Å². The van der Waals surface area contributed by atoms with E-state index in [0.717, 1.165) is 13.8 Å². The average Bonchev–Trinajstić information content (AvgIpc) is 2.76. The van der Waals surface area contributed by atoms with Crippen LogP contribution in [0, 0.1) is 11.3 Å². The van der Waals surface area contributed by atoms with E-state index >= 15 is 0 Å². The topological polar surface area (TPSA) is 44.4 Å². The van der Waals surface area contributed by atoms with Gasteiger partial charge in [0.25, 0.3) is 5.91 Å². The van der Waals surface area contributed by atoms with E-state index in [2.05, 4.69) is 17.2 Å². The van der Waals surface area contributed by atoms with Crippen molar-refractivity contribution in [2.45, 2.75) is 45.2 Å². The van der Waals surface area contributed by atoms with E-state index in [1.54, 1.807) is 0 Å². The first kappa shape index (κ1) is 29.8. The van der Waals surface area contributed by atoms with Gasteiger partial charge >= 0.3 is 18.5 Å². The molecule has 1 aliphatic heterocycles. The first-order chi connectivity index (χ1) is 16.3. The molecule has 4 nitrogen and oxygen atoms in total. The van der Waals surface area contributed by atoms with E-state index in [1.165, 1.54) is 0 Å². The van der Waals surface area contributed by atoms with Crippen LogP contribution in [0.5, 0.6) is 0 Å². The summed E-state index contributed by atoms with van der Waals surface area (Å²) in [6.07, 6.45) is -13.4. The van der Waals surface area contributed by atoms with Crippen LogP contribution < -0.4 is 10.6 Å². The van der Waals surface area contributed by atoms with Gasteiger partial charge in [0.1, 0.15) is 0 Å². The Labute approximate surface area is 202 Å². The molecular formula is C23H28F9N3O. The molecule has 0 saturated carbocycles. The van der Waals surface area contributed by atoms with E-state index in [1.807, 2.05) is 4.90 Å². The second kappa shape index (κ2) is 10.9. The zero-order valence-corrected chi connectivity index (χ0v) is 19.7. The molecule has 0 radical (unpaired) electrons. The van der Waals surface area contributed by atoms with Gasteiger partial charge in [0, 0.05) is 30.9 Å². The number of carbonyl (C=O) groups is 1. The number of halogens is 9. The van der Waals surface area contributed by atoms with E-state index < -0.39 is 46.5 Å². The van der Waals surface area contributed by atoms with Gasteiger partial charge in [-0.05, 0) is 63.9 Å². The van der Waals surface area contributed by atoms with Crippen molar-refractivity contribution in [3.05, 3.63) is 47.2 Å². The first-order valence-electron chi connectivity index (χ1n) is 11.1. The normalized spacial score (nSPS) is 16.6. The minimum atomic E-state index is -5.05. The monoisotopic (exact) mass is 533 g/mol. The molecule has 2 rings (SSSR count). The van der Waals surface area contributed by atoms with Crippen LogP contribution in [-0.2, 0) is 12.4 Å². The number of alkyl halides is 9. The van der Waals surface area contributed by atoms with E-state index in [9.17, 15) is 44.3 Å². The van der Waals surface area contributed by atoms with Gasteiger partial charge in [0.05, 0.1) is 16.5 Å². The molecule has 36 heavy (non-hydrogen) atoms. The van der Waals surface area contributed by atoms with E-state index in [-0.39, 0.29) is 30.8 Å². The van der Waals surface area contributed by atoms with Crippen LogP contribution in [-0.4, -0.2) is 49.7 Å². The zero-order valence-electron chi connectivity index (χ0n) is 19.7. The number of carbonyl (C=O) groups excluding carboxylic acids is 1. The maximum absolute atomic E-state index is 13.0. The molecular weight excluding hydrogens is 505 g/mol. The predicted octanol–water partition coefficient (Wildman–Crippen LogP) is 5.86. The number of hydrogen-bond acceptors (Lipinski definition) is 3. The number of amides is 1. The zero-order chi connectivity index (χ0) is 27.5. The fourth-order valence-corrected chi connectivity index (χ4v) is 3.60. The van der Waals surface area contributed by atoms with Crippen LogP contribution in [0.1, 0.15) is 48.2 Å². The first-order valence-corrected chi connectivity index (χ1v) is 11.1. The molecule has 1 heterocycles. The molecule has 13 heteroatoms. The van der Waals surface area contributed by atoms with Crippen LogP contribution in [0.3, 0.4) is 0 Å². The fraction of sp³-hybridized carbons (Fsp3) is 0.609. The second-order valence-electron chi connectivity index (χ2n) is 9.32.